The van der Waals surface area contributed by atoms with Crippen LogP contribution in [0, 0.1) is 0 Å². The summed E-state index contributed by atoms with van der Waals surface area (Å²) in [7, 11) is 1.62. The van der Waals surface area contributed by atoms with E-state index in [0.717, 1.165) is 11.4 Å². The van der Waals surface area contributed by atoms with Gasteiger partial charge in [-0.1, -0.05) is 6.07 Å². The number of ether oxygens (including phenoxy) is 1. The molecule has 0 bridgehead atoms. The average molecular weight is 231 g/mol. The predicted molar refractivity (Wildman–Crippen MR) is 66.9 cm³/mol. The van der Waals surface area contributed by atoms with Crippen LogP contribution in [0.5, 0.6) is 5.88 Å². The van der Waals surface area contributed by atoms with Crippen molar-refractivity contribution in [1.82, 2.24) is 9.55 Å². The molecule has 4 nitrogen and oxygen atoms in total. The summed E-state index contributed by atoms with van der Waals surface area (Å²) in [6.07, 6.45) is 2.01. The lowest BCUT2D eigenvalue weighted by molar-refractivity contribution is 0.395. The molecule has 2 rings (SSSR count). The Kier molecular flexibility index (Phi) is 3.44. The SMILES string of the molecule is COc1cccc(Cn2cccc2C(C)N)n1. The topological polar surface area (TPSA) is 53.1 Å². The van der Waals surface area contributed by atoms with E-state index in [1.54, 1.807) is 7.11 Å². The van der Waals surface area contributed by atoms with E-state index in [4.69, 9.17) is 10.5 Å². The fourth-order valence-corrected chi connectivity index (χ4v) is 1.82. The molecule has 1 atom stereocenters. The normalized spacial score (nSPS) is 12.4. The van der Waals surface area contributed by atoms with Gasteiger partial charge in [0.15, 0.2) is 0 Å². The minimum Gasteiger partial charge on any atom is -0.481 e. The Balaban J connectivity index is 2.22. The largest absolute Gasteiger partial charge is 0.481 e. The first kappa shape index (κ1) is 11.7. The van der Waals surface area contributed by atoms with E-state index in [2.05, 4.69) is 9.55 Å². The number of methoxy groups -OCH3 is 1. The maximum Gasteiger partial charge on any atom is 0.213 e. The first-order chi connectivity index (χ1) is 8.20. The summed E-state index contributed by atoms with van der Waals surface area (Å²) in [6, 6.07) is 9.81. The molecule has 0 aliphatic heterocycles. The van der Waals surface area contributed by atoms with E-state index in [-0.39, 0.29) is 6.04 Å². The van der Waals surface area contributed by atoms with Crippen LogP contribution in [0.2, 0.25) is 0 Å². The van der Waals surface area contributed by atoms with Crippen LogP contribution in [-0.4, -0.2) is 16.7 Å². The van der Waals surface area contributed by atoms with E-state index in [1.807, 2.05) is 43.5 Å². The molecule has 2 aromatic rings. The number of rotatable bonds is 4. The Morgan fingerprint density at radius 3 is 2.88 bits per heavy atom. The molecule has 0 saturated heterocycles. The third-order valence-electron chi connectivity index (χ3n) is 2.65. The van der Waals surface area contributed by atoms with Crippen LogP contribution in [0.25, 0.3) is 0 Å². The van der Waals surface area contributed by atoms with Crippen LogP contribution in [0.15, 0.2) is 36.5 Å². The molecule has 0 saturated carbocycles. The maximum absolute atomic E-state index is 5.90. The van der Waals surface area contributed by atoms with Gasteiger partial charge >= 0.3 is 0 Å². The predicted octanol–water partition coefficient (Wildman–Crippen LogP) is 1.96. The van der Waals surface area contributed by atoms with Gasteiger partial charge in [0.2, 0.25) is 5.88 Å². The highest BCUT2D eigenvalue weighted by molar-refractivity contribution is 5.18. The van der Waals surface area contributed by atoms with Crippen molar-refractivity contribution in [2.24, 2.45) is 5.73 Å². The van der Waals surface area contributed by atoms with Gasteiger partial charge < -0.3 is 15.0 Å². The van der Waals surface area contributed by atoms with E-state index in [0.29, 0.717) is 12.4 Å². The second kappa shape index (κ2) is 5.01. The van der Waals surface area contributed by atoms with E-state index < -0.39 is 0 Å². The van der Waals surface area contributed by atoms with Crippen LogP contribution in [0.4, 0.5) is 0 Å². The summed E-state index contributed by atoms with van der Waals surface area (Å²) in [5.74, 6) is 0.636. The fraction of sp³-hybridized carbons (Fsp3) is 0.308. The molecule has 0 aliphatic rings. The van der Waals surface area contributed by atoms with Crippen LogP contribution in [0.3, 0.4) is 0 Å². The van der Waals surface area contributed by atoms with Gasteiger partial charge in [0.1, 0.15) is 0 Å². The lowest BCUT2D eigenvalue weighted by atomic mass is 10.2. The highest BCUT2D eigenvalue weighted by Gasteiger charge is 2.06. The summed E-state index contributed by atoms with van der Waals surface area (Å²) in [5, 5.41) is 0. The standard InChI is InChI=1S/C13H17N3O/c1-10(14)12-6-4-8-16(12)9-11-5-3-7-13(15-11)17-2/h3-8,10H,9,14H2,1-2H3. The maximum atomic E-state index is 5.90. The Morgan fingerprint density at radius 1 is 1.35 bits per heavy atom. The van der Waals surface area contributed by atoms with Gasteiger partial charge in [0.05, 0.1) is 19.3 Å². The zero-order valence-electron chi connectivity index (χ0n) is 10.1. The van der Waals surface area contributed by atoms with Gasteiger partial charge in [-0.15, -0.1) is 0 Å². The Labute approximate surface area is 101 Å². The molecule has 0 aliphatic carbocycles. The van der Waals surface area contributed by atoms with Crippen molar-refractivity contribution in [3.8, 4) is 5.88 Å². The molecule has 2 aromatic heterocycles. The lowest BCUT2D eigenvalue weighted by Gasteiger charge is -2.11. The fourth-order valence-electron chi connectivity index (χ4n) is 1.82. The number of pyridine rings is 1. The van der Waals surface area contributed by atoms with E-state index in [9.17, 15) is 0 Å². The number of nitrogens with zero attached hydrogens (tertiary/aromatic N) is 2. The van der Waals surface area contributed by atoms with E-state index >= 15 is 0 Å². The summed E-state index contributed by atoms with van der Waals surface area (Å²) >= 11 is 0. The van der Waals surface area contributed by atoms with Crippen LogP contribution in [0.1, 0.15) is 24.4 Å². The third kappa shape index (κ3) is 2.65. The van der Waals surface area contributed by atoms with Crippen molar-refractivity contribution in [3.05, 3.63) is 47.9 Å². The van der Waals surface area contributed by atoms with Crippen molar-refractivity contribution in [1.29, 1.82) is 0 Å². The van der Waals surface area contributed by atoms with Gasteiger partial charge in [-0.2, -0.15) is 0 Å². The van der Waals surface area contributed by atoms with Gasteiger partial charge in [0, 0.05) is 24.0 Å². The molecule has 2 N–H and O–H groups in total. The molecule has 0 fully saturated rings. The summed E-state index contributed by atoms with van der Waals surface area (Å²) < 4.78 is 7.21. The second-order valence-corrected chi connectivity index (χ2v) is 4.02. The van der Waals surface area contributed by atoms with Crippen molar-refractivity contribution in [3.63, 3.8) is 0 Å². The zero-order valence-corrected chi connectivity index (χ0v) is 10.1. The van der Waals surface area contributed by atoms with Crippen LogP contribution >= 0.6 is 0 Å². The van der Waals surface area contributed by atoms with Crippen LogP contribution in [-0.2, 0) is 6.54 Å². The molecular formula is C13H17N3O. The zero-order chi connectivity index (χ0) is 12.3. The summed E-state index contributed by atoms with van der Waals surface area (Å²) in [4.78, 5) is 4.38. The Bertz CT molecular complexity index is 491. The molecule has 0 aromatic carbocycles. The molecule has 2 heterocycles. The number of aromatic nitrogens is 2. The Morgan fingerprint density at radius 2 is 2.18 bits per heavy atom. The molecule has 4 heteroatoms. The number of nitrogens with two attached hydrogens (primary N) is 1. The molecule has 0 radical (unpaired) electrons. The van der Waals surface area contributed by atoms with Crippen LogP contribution < -0.4 is 10.5 Å². The number of hydrogen-bond donors (Lipinski definition) is 1. The highest BCUT2D eigenvalue weighted by atomic mass is 16.5. The van der Waals surface area contributed by atoms with Crippen molar-refractivity contribution in [2.75, 3.05) is 7.11 Å². The summed E-state index contributed by atoms with van der Waals surface area (Å²) in [6.45, 7) is 2.69. The summed E-state index contributed by atoms with van der Waals surface area (Å²) in [5.41, 5.74) is 7.97. The van der Waals surface area contributed by atoms with Gasteiger partial charge in [0.25, 0.3) is 0 Å². The van der Waals surface area contributed by atoms with Gasteiger partial charge in [-0.05, 0) is 25.1 Å². The van der Waals surface area contributed by atoms with E-state index in [1.165, 1.54) is 0 Å². The quantitative estimate of drug-likeness (QED) is 0.875. The highest BCUT2D eigenvalue weighted by Crippen LogP contribution is 2.14. The molecular weight excluding hydrogens is 214 g/mol. The third-order valence-corrected chi connectivity index (χ3v) is 2.65. The minimum atomic E-state index is 0.0237. The molecule has 0 spiro atoms. The van der Waals surface area contributed by atoms with Crippen molar-refractivity contribution < 1.29 is 4.74 Å². The Hall–Kier alpha value is -1.81. The van der Waals surface area contributed by atoms with Crippen molar-refractivity contribution in [2.45, 2.75) is 19.5 Å². The smallest absolute Gasteiger partial charge is 0.213 e. The monoisotopic (exact) mass is 231 g/mol. The molecule has 0 amide bonds. The average Bonchev–Trinajstić information content (AvgIpc) is 2.77. The molecule has 1 unspecified atom stereocenters. The number of hydrogen-bond acceptors (Lipinski definition) is 3. The first-order valence-corrected chi connectivity index (χ1v) is 5.61. The van der Waals surface area contributed by atoms with Crippen molar-refractivity contribution >= 4 is 0 Å². The molecule has 17 heavy (non-hydrogen) atoms. The molecule has 90 valence electrons. The second-order valence-electron chi connectivity index (χ2n) is 4.02. The van der Waals surface area contributed by atoms with Gasteiger partial charge in [-0.3, -0.25) is 0 Å². The van der Waals surface area contributed by atoms with Gasteiger partial charge in [-0.25, -0.2) is 4.98 Å². The lowest BCUT2D eigenvalue weighted by Crippen LogP contribution is -2.13. The first-order valence-electron chi connectivity index (χ1n) is 5.61. The minimum absolute atomic E-state index is 0.0237.